The van der Waals surface area contributed by atoms with Gasteiger partial charge in [0.15, 0.2) is 0 Å². The number of non-ortho nitro benzene ring substituents is 1. The molecule has 0 aromatic heterocycles. The molecule has 39 heavy (non-hydrogen) atoms. The third-order valence-electron chi connectivity index (χ3n) is 7.07. The molecule has 0 bridgehead atoms. The van der Waals surface area contributed by atoms with E-state index >= 15 is 0 Å². The highest BCUT2D eigenvalue weighted by molar-refractivity contribution is 6.24. The Labute approximate surface area is 221 Å². The molecular formula is C25H25N5O9. The summed E-state index contributed by atoms with van der Waals surface area (Å²) in [7, 11) is 1.22. The van der Waals surface area contributed by atoms with Crippen molar-refractivity contribution in [3.8, 4) is 0 Å². The van der Waals surface area contributed by atoms with Crippen molar-refractivity contribution in [1.82, 2.24) is 10.6 Å². The minimum absolute atomic E-state index is 0.0264. The number of urea groups is 1. The summed E-state index contributed by atoms with van der Waals surface area (Å²) in [5, 5.41) is 27.1. The standard InChI is InChI=1S/C25H25N5O9/c1-39-22(33)14-8-6-13(7-9-14)19-17-18(25(28-19,23(34)35)10-3-11-27-24(26)36)21(32)29(20(17)31)15-4-2-5-16(12-15)30(37)38/h2,4-9,12,17-19,28H,3,10-11H2,1H3,(H,34,35)(H3,26,27,36). The first-order valence-corrected chi connectivity index (χ1v) is 11.9. The van der Waals surface area contributed by atoms with E-state index in [0.29, 0.717) is 5.56 Å². The number of nitro benzene ring substituents is 1. The number of nitrogens with two attached hydrogens (primary N) is 1. The van der Waals surface area contributed by atoms with Crippen molar-refractivity contribution in [3.63, 3.8) is 0 Å². The number of nitrogens with one attached hydrogen (secondary N) is 2. The molecule has 2 aliphatic rings. The largest absolute Gasteiger partial charge is 0.480 e. The third kappa shape index (κ3) is 4.77. The maximum Gasteiger partial charge on any atom is 0.337 e. The smallest absolute Gasteiger partial charge is 0.337 e. The zero-order valence-corrected chi connectivity index (χ0v) is 20.7. The summed E-state index contributed by atoms with van der Waals surface area (Å²) >= 11 is 0. The van der Waals surface area contributed by atoms with Crippen LogP contribution in [0.5, 0.6) is 0 Å². The number of hydrogen-bond acceptors (Lipinski definition) is 9. The molecule has 5 N–H and O–H groups in total. The van der Waals surface area contributed by atoms with Crippen molar-refractivity contribution in [2.75, 3.05) is 18.6 Å². The molecule has 2 aromatic rings. The molecule has 2 saturated heterocycles. The first-order valence-electron chi connectivity index (χ1n) is 11.9. The normalized spacial score (nSPS) is 23.8. The predicted molar refractivity (Wildman–Crippen MR) is 133 cm³/mol. The van der Waals surface area contributed by atoms with E-state index < -0.39 is 58.1 Å². The average molecular weight is 540 g/mol. The number of carboxylic acids is 1. The first-order chi connectivity index (χ1) is 18.5. The zero-order chi connectivity index (χ0) is 28.5. The molecule has 2 aromatic carbocycles. The fourth-order valence-electron chi connectivity index (χ4n) is 5.35. The number of hydrogen-bond donors (Lipinski definition) is 4. The highest BCUT2D eigenvalue weighted by Gasteiger charge is 2.68. The van der Waals surface area contributed by atoms with E-state index in [2.05, 4.69) is 10.6 Å². The maximum absolute atomic E-state index is 13.8. The van der Waals surface area contributed by atoms with Gasteiger partial charge in [0, 0.05) is 24.7 Å². The molecule has 0 aliphatic carbocycles. The van der Waals surface area contributed by atoms with Gasteiger partial charge in [0.2, 0.25) is 11.8 Å². The van der Waals surface area contributed by atoms with Gasteiger partial charge in [-0.25, -0.2) is 14.5 Å². The number of ether oxygens (including phenoxy) is 1. The van der Waals surface area contributed by atoms with Crippen molar-refractivity contribution < 1.29 is 38.7 Å². The summed E-state index contributed by atoms with van der Waals surface area (Å²) in [5.41, 5.74) is 3.45. The fraction of sp³-hybridized carbons (Fsp3) is 0.320. The number of benzene rings is 2. The zero-order valence-electron chi connectivity index (χ0n) is 20.7. The molecule has 4 unspecified atom stereocenters. The quantitative estimate of drug-likeness (QED) is 0.117. The van der Waals surface area contributed by atoms with Gasteiger partial charge < -0.3 is 20.9 Å². The molecule has 2 aliphatic heterocycles. The van der Waals surface area contributed by atoms with E-state index in [0.717, 1.165) is 11.0 Å². The number of nitrogens with zero attached hydrogens (tertiary/aromatic N) is 2. The first kappa shape index (κ1) is 27.2. The third-order valence-corrected chi connectivity index (χ3v) is 7.07. The van der Waals surface area contributed by atoms with Crippen LogP contribution in [-0.4, -0.2) is 59.0 Å². The number of carbonyl (C=O) groups is 5. The molecule has 0 saturated carbocycles. The predicted octanol–water partition coefficient (Wildman–Crippen LogP) is 1.10. The summed E-state index contributed by atoms with van der Waals surface area (Å²) in [6.45, 7) is 0.0264. The molecule has 2 fully saturated rings. The second-order valence-electron chi connectivity index (χ2n) is 9.20. The Morgan fingerprint density at radius 2 is 1.87 bits per heavy atom. The highest BCUT2D eigenvalue weighted by atomic mass is 16.6. The highest BCUT2D eigenvalue weighted by Crippen LogP contribution is 2.51. The van der Waals surface area contributed by atoms with Crippen LogP contribution in [0.15, 0.2) is 48.5 Å². The summed E-state index contributed by atoms with van der Waals surface area (Å²) < 4.78 is 4.70. The van der Waals surface area contributed by atoms with Crippen LogP contribution in [0.25, 0.3) is 0 Å². The van der Waals surface area contributed by atoms with E-state index in [9.17, 15) is 39.2 Å². The molecule has 0 radical (unpaired) electrons. The van der Waals surface area contributed by atoms with Crippen LogP contribution in [0.3, 0.4) is 0 Å². The Bertz CT molecular complexity index is 1360. The van der Waals surface area contributed by atoms with Gasteiger partial charge in [-0.05, 0) is 36.6 Å². The number of rotatable bonds is 9. The number of amides is 4. The monoisotopic (exact) mass is 539 g/mol. The second kappa shape index (κ2) is 10.5. The summed E-state index contributed by atoms with van der Waals surface area (Å²) in [6.07, 6.45) is -0.0416. The molecule has 14 nitrogen and oxygen atoms in total. The average Bonchev–Trinajstić information content (AvgIpc) is 3.40. The van der Waals surface area contributed by atoms with Gasteiger partial charge in [0.25, 0.3) is 5.69 Å². The van der Waals surface area contributed by atoms with Gasteiger partial charge in [-0.15, -0.1) is 0 Å². The van der Waals surface area contributed by atoms with Crippen LogP contribution in [0.1, 0.15) is 34.8 Å². The van der Waals surface area contributed by atoms with Gasteiger partial charge in [0.1, 0.15) is 5.54 Å². The van der Waals surface area contributed by atoms with E-state index in [1.54, 1.807) is 0 Å². The number of esters is 1. The summed E-state index contributed by atoms with van der Waals surface area (Å²) in [6, 6.07) is 9.16. The number of nitro groups is 1. The SMILES string of the molecule is COC(=O)c1ccc(C2NC(CCCNC(N)=O)(C(=O)O)C3C(=O)N(c4cccc([N+](=O)[O-])c4)C(=O)C23)cc1. The molecular weight excluding hydrogens is 514 g/mol. The van der Waals surface area contributed by atoms with Crippen molar-refractivity contribution in [2.45, 2.75) is 24.4 Å². The second-order valence-corrected chi connectivity index (χ2v) is 9.20. The fourth-order valence-corrected chi connectivity index (χ4v) is 5.35. The number of carbonyl (C=O) groups excluding carboxylic acids is 4. The molecule has 4 rings (SSSR count). The van der Waals surface area contributed by atoms with Crippen molar-refractivity contribution in [1.29, 1.82) is 0 Å². The van der Waals surface area contributed by atoms with E-state index in [1.165, 1.54) is 49.6 Å². The molecule has 0 spiro atoms. The Kier molecular flexibility index (Phi) is 7.31. The van der Waals surface area contributed by atoms with E-state index in [-0.39, 0.29) is 36.3 Å². The lowest BCUT2D eigenvalue weighted by molar-refractivity contribution is -0.384. The molecule has 14 heteroatoms. The van der Waals surface area contributed by atoms with Crippen LogP contribution in [0.2, 0.25) is 0 Å². The molecule has 2 heterocycles. The van der Waals surface area contributed by atoms with Crippen LogP contribution >= 0.6 is 0 Å². The van der Waals surface area contributed by atoms with Gasteiger partial charge in [-0.2, -0.15) is 0 Å². The van der Waals surface area contributed by atoms with Crippen LogP contribution in [0, 0.1) is 22.0 Å². The maximum atomic E-state index is 13.8. The summed E-state index contributed by atoms with van der Waals surface area (Å²) in [4.78, 5) is 74.7. The summed E-state index contributed by atoms with van der Waals surface area (Å²) in [5.74, 6) is -6.08. The number of primary amides is 1. The van der Waals surface area contributed by atoms with Crippen LogP contribution in [0.4, 0.5) is 16.2 Å². The minimum Gasteiger partial charge on any atom is -0.480 e. The minimum atomic E-state index is -1.92. The number of aliphatic carboxylic acids is 1. The molecule has 4 amide bonds. The Morgan fingerprint density at radius 1 is 1.18 bits per heavy atom. The topological polar surface area (TPSA) is 211 Å². The molecule has 204 valence electrons. The van der Waals surface area contributed by atoms with Gasteiger partial charge in [-0.1, -0.05) is 18.2 Å². The number of fused-ring (bicyclic) bond motifs is 1. The van der Waals surface area contributed by atoms with Gasteiger partial charge in [-0.3, -0.25) is 29.8 Å². The number of carboxylic acid groups (broad SMARTS) is 1. The van der Waals surface area contributed by atoms with Crippen molar-refractivity contribution >= 4 is 41.2 Å². The Hall–Kier alpha value is -4.85. The lowest BCUT2D eigenvalue weighted by atomic mass is 9.77. The number of imide groups is 1. The lowest BCUT2D eigenvalue weighted by Crippen LogP contribution is -2.56. The Balaban J connectivity index is 1.78. The van der Waals surface area contributed by atoms with Crippen LogP contribution in [-0.2, 0) is 19.1 Å². The lowest BCUT2D eigenvalue weighted by Gasteiger charge is -2.31. The number of methoxy groups -OCH3 is 1. The van der Waals surface area contributed by atoms with Gasteiger partial charge in [0.05, 0.1) is 35.1 Å². The van der Waals surface area contributed by atoms with E-state index in [1.807, 2.05) is 0 Å². The van der Waals surface area contributed by atoms with Crippen LogP contribution < -0.4 is 21.3 Å². The van der Waals surface area contributed by atoms with Gasteiger partial charge >= 0.3 is 18.0 Å². The molecule has 4 atom stereocenters. The Morgan fingerprint density at radius 3 is 2.46 bits per heavy atom. The number of anilines is 1. The van der Waals surface area contributed by atoms with Crippen molar-refractivity contribution in [3.05, 3.63) is 69.8 Å². The van der Waals surface area contributed by atoms with Crippen molar-refractivity contribution in [2.24, 2.45) is 17.6 Å². The van der Waals surface area contributed by atoms with E-state index in [4.69, 9.17) is 10.5 Å².